The highest BCUT2D eigenvalue weighted by molar-refractivity contribution is 7.48. The Kier molecular flexibility index (Phi) is 8.08. The van der Waals surface area contributed by atoms with Crippen molar-refractivity contribution in [1.82, 2.24) is 0 Å². The molecule has 0 aliphatic carbocycles. The number of rotatable bonds is 8. The van der Waals surface area contributed by atoms with E-state index in [2.05, 4.69) is 9.56 Å². The average Bonchev–Trinajstić information content (AvgIpc) is 2.27. The number of phosphoric ester groups is 1. The van der Waals surface area contributed by atoms with Gasteiger partial charge in [-0.05, 0) is 27.2 Å². The van der Waals surface area contributed by atoms with Crippen molar-refractivity contribution >= 4 is 13.8 Å². The molecule has 0 rings (SSSR count). The highest BCUT2D eigenvalue weighted by Crippen LogP contribution is 2.49. The first kappa shape index (κ1) is 16.3. The molecule has 17 heavy (non-hydrogen) atoms. The van der Waals surface area contributed by atoms with E-state index in [1.165, 1.54) is 0 Å². The summed E-state index contributed by atoms with van der Waals surface area (Å²) in [5.41, 5.74) is 0.368. The molecule has 0 amide bonds. The van der Waals surface area contributed by atoms with Crippen LogP contribution in [-0.2, 0) is 28.0 Å². The van der Waals surface area contributed by atoms with Gasteiger partial charge in [-0.1, -0.05) is 17.7 Å². The lowest BCUT2D eigenvalue weighted by atomic mass is 10.2. The maximum atomic E-state index is 11.7. The van der Waals surface area contributed by atoms with E-state index >= 15 is 0 Å². The van der Waals surface area contributed by atoms with Crippen LogP contribution >= 0.6 is 7.82 Å². The highest BCUT2D eigenvalue weighted by Gasteiger charge is 2.29. The van der Waals surface area contributed by atoms with Gasteiger partial charge in [-0.3, -0.25) is 13.9 Å². The monoisotopic (exact) mass is 266 g/mol. The SMILES string of the molecule is CCC=C(C)C(=O)OOP(=O)(OCC)OCC. The molecule has 7 heteroatoms. The standard InChI is InChI=1S/C10H19O6P/c1-5-8-9(4)10(11)15-16-17(12,13-6-2)14-7-3/h8H,5-7H2,1-4H3. The summed E-state index contributed by atoms with van der Waals surface area (Å²) in [5, 5.41) is 0. The van der Waals surface area contributed by atoms with Crippen molar-refractivity contribution in [2.75, 3.05) is 13.2 Å². The predicted molar refractivity (Wildman–Crippen MR) is 62.1 cm³/mol. The lowest BCUT2D eigenvalue weighted by Crippen LogP contribution is -2.08. The number of hydrogen-bond donors (Lipinski definition) is 0. The summed E-state index contributed by atoms with van der Waals surface area (Å²) in [4.78, 5) is 15.7. The first-order valence-electron chi connectivity index (χ1n) is 5.45. The van der Waals surface area contributed by atoms with Crippen LogP contribution in [0.4, 0.5) is 0 Å². The number of carbonyl (C=O) groups is 1. The Hall–Kier alpha value is -0.680. The molecule has 0 aromatic heterocycles. The van der Waals surface area contributed by atoms with Crippen LogP contribution in [0.25, 0.3) is 0 Å². The van der Waals surface area contributed by atoms with Crippen molar-refractivity contribution in [2.24, 2.45) is 0 Å². The maximum Gasteiger partial charge on any atom is 0.511 e. The van der Waals surface area contributed by atoms with E-state index in [4.69, 9.17) is 9.05 Å². The number of hydrogen-bond acceptors (Lipinski definition) is 6. The summed E-state index contributed by atoms with van der Waals surface area (Å²) in [5.74, 6) is -0.716. The fourth-order valence-corrected chi connectivity index (χ4v) is 1.88. The molecule has 0 N–H and O–H groups in total. The van der Waals surface area contributed by atoms with E-state index in [1.807, 2.05) is 6.92 Å². The van der Waals surface area contributed by atoms with Crippen LogP contribution in [-0.4, -0.2) is 19.2 Å². The van der Waals surface area contributed by atoms with Gasteiger partial charge >= 0.3 is 13.8 Å². The van der Waals surface area contributed by atoms with Gasteiger partial charge in [0.2, 0.25) is 0 Å². The zero-order valence-electron chi connectivity index (χ0n) is 10.6. The molecule has 0 aliphatic rings. The van der Waals surface area contributed by atoms with E-state index in [-0.39, 0.29) is 13.2 Å². The molecule has 0 fully saturated rings. The van der Waals surface area contributed by atoms with Gasteiger partial charge in [0.1, 0.15) is 0 Å². The van der Waals surface area contributed by atoms with Crippen LogP contribution in [0.2, 0.25) is 0 Å². The normalized spacial score (nSPS) is 12.6. The molecule has 0 saturated carbocycles. The summed E-state index contributed by atoms with van der Waals surface area (Å²) in [6.07, 6.45) is 2.35. The second-order valence-electron chi connectivity index (χ2n) is 3.02. The molecule has 0 aromatic carbocycles. The zero-order chi connectivity index (χ0) is 13.3. The second kappa shape index (κ2) is 8.42. The van der Waals surface area contributed by atoms with Crippen LogP contribution in [0.1, 0.15) is 34.1 Å². The van der Waals surface area contributed by atoms with E-state index in [1.54, 1.807) is 26.8 Å². The van der Waals surface area contributed by atoms with Crippen LogP contribution in [0.3, 0.4) is 0 Å². The predicted octanol–water partition coefficient (Wildman–Crippen LogP) is 3.00. The third-order valence-corrected chi connectivity index (χ3v) is 3.02. The van der Waals surface area contributed by atoms with E-state index < -0.39 is 13.8 Å². The van der Waals surface area contributed by atoms with Gasteiger partial charge < -0.3 is 0 Å². The van der Waals surface area contributed by atoms with Crippen LogP contribution in [0, 0.1) is 0 Å². The summed E-state index contributed by atoms with van der Waals surface area (Å²) < 4.78 is 25.7. The zero-order valence-corrected chi connectivity index (χ0v) is 11.5. The van der Waals surface area contributed by atoms with E-state index in [0.717, 1.165) is 0 Å². The molecule has 0 bridgehead atoms. The Bertz CT molecular complexity index is 302. The van der Waals surface area contributed by atoms with Crippen molar-refractivity contribution in [3.05, 3.63) is 11.6 Å². The Balaban J connectivity index is 4.36. The topological polar surface area (TPSA) is 71.1 Å². The molecule has 0 heterocycles. The Morgan fingerprint density at radius 3 is 2.12 bits per heavy atom. The van der Waals surface area contributed by atoms with Gasteiger partial charge in [0.15, 0.2) is 0 Å². The molecular formula is C10H19O6P. The minimum Gasteiger partial charge on any atom is -0.285 e. The molecule has 0 spiro atoms. The van der Waals surface area contributed by atoms with Crippen LogP contribution in [0.15, 0.2) is 11.6 Å². The van der Waals surface area contributed by atoms with Gasteiger partial charge in [-0.2, -0.15) is 0 Å². The fourth-order valence-electron chi connectivity index (χ4n) is 0.931. The van der Waals surface area contributed by atoms with Gasteiger partial charge in [0.25, 0.3) is 0 Å². The molecule has 0 radical (unpaired) electrons. The third-order valence-electron chi connectivity index (χ3n) is 1.61. The highest BCUT2D eigenvalue weighted by atomic mass is 31.2. The largest absolute Gasteiger partial charge is 0.511 e. The Morgan fingerprint density at radius 1 is 1.18 bits per heavy atom. The summed E-state index contributed by atoms with van der Waals surface area (Å²) >= 11 is 0. The fraction of sp³-hybridized carbons (Fsp3) is 0.700. The summed E-state index contributed by atoms with van der Waals surface area (Å²) in [6.45, 7) is 6.94. The van der Waals surface area contributed by atoms with Crippen molar-refractivity contribution in [2.45, 2.75) is 34.1 Å². The lowest BCUT2D eigenvalue weighted by Gasteiger charge is -2.14. The number of phosphoric acid groups is 1. The third kappa shape index (κ3) is 6.58. The lowest BCUT2D eigenvalue weighted by molar-refractivity contribution is -0.220. The first-order valence-corrected chi connectivity index (χ1v) is 6.91. The van der Waals surface area contributed by atoms with Gasteiger partial charge in [-0.25, -0.2) is 9.36 Å². The first-order chi connectivity index (χ1) is 7.99. The minimum atomic E-state index is -3.80. The van der Waals surface area contributed by atoms with Gasteiger partial charge in [0.05, 0.1) is 13.2 Å². The molecular weight excluding hydrogens is 247 g/mol. The minimum absolute atomic E-state index is 0.124. The molecule has 0 atom stereocenters. The smallest absolute Gasteiger partial charge is 0.285 e. The molecule has 0 aromatic rings. The van der Waals surface area contributed by atoms with Crippen molar-refractivity contribution < 1.29 is 28.0 Å². The molecule has 0 aliphatic heterocycles. The number of allylic oxidation sites excluding steroid dienone is 1. The average molecular weight is 266 g/mol. The molecule has 100 valence electrons. The van der Waals surface area contributed by atoms with Crippen molar-refractivity contribution in [3.63, 3.8) is 0 Å². The van der Waals surface area contributed by atoms with Crippen LogP contribution < -0.4 is 0 Å². The van der Waals surface area contributed by atoms with Crippen molar-refractivity contribution in [1.29, 1.82) is 0 Å². The molecule has 6 nitrogen and oxygen atoms in total. The molecule has 0 unspecified atom stereocenters. The Morgan fingerprint density at radius 2 is 1.71 bits per heavy atom. The van der Waals surface area contributed by atoms with E-state index in [9.17, 15) is 9.36 Å². The molecule has 0 saturated heterocycles. The Labute approximate surface area is 101 Å². The van der Waals surface area contributed by atoms with Gasteiger partial charge in [-0.15, -0.1) is 0 Å². The maximum absolute atomic E-state index is 11.7. The van der Waals surface area contributed by atoms with Crippen molar-refractivity contribution in [3.8, 4) is 0 Å². The number of carbonyl (C=O) groups excluding carboxylic acids is 1. The second-order valence-corrected chi connectivity index (χ2v) is 4.58. The summed E-state index contributed by atoms with van der Waals surface area (Å²) in [7, 11) is -3.80. The quantitative estimate of drug-likeness (QED) is 0.291. The van der Waals surface area contributed by atoms with Gasteiger partial charge in [0, 0.05) is 5.57 Å². The summed E-state index contributed by atoms with van der Waals surface area (Å²) in [6, 6.07) is 0. The van der Waals surface area contributed by atoms with E-state index in [0.29, 0.717) is 12.0 Å². The van der Waals surface area contributed by atoms with Crippen LogP contribution in [0.5, 0.6) is 0 Å².